The van der Waals surface area contributed by atoms with Gasteiger partial charge in [-0.2, -0.15) is 0 Å². The first-order valence-corrected chi connectivity index (χ1v) is 5.25. The lowest BCUT2D eigenvalue weighted by molar-refractivity contribution is -0.138. The Morgan fingerprint density at radius 1 is 1.41 bits per heavy atom. The Hall–Kier alpha value is -1.91. The van der Waals surface area contributed by atoms with Crippen molar-refractivity contribution in [2.75, 3.05) is 6.79 Å². The number of fused-ring (bicyclic) bond motifs is 1. The Morgan fingerprint density at radius 2 is 2.12 bits per heavy atom. The van der Waals surface area contributed by atoms with Gasteiger partial charge in [-0.25, -0.2) is 0 Å². The standard InChI is InChI=1S/C12H14O5/c1-12(2,5-10(14)15)7-3-8(13)11-9(4-7)16-6-17-11/h3-4,13H,5-6H2,1-2H3,(H,14,15). The van der Waals surface area contributed by atoms with Gasteiger partial charge in [-0.1, -0.05) is 13.8 Å². The molecule has 5 heteroatoms. The van der Waals surface area contributed by atoms with Crippen molar-refractivity contribution in [3.8, 4) is 17.2 Å². The number of phenolic OH excluding ortho intramolecular Hbond substituents is 1. The summed E-state index contributed by atoms with van der Waals surface area (Å²) in [7, 11) is 0. The number of aromatic hydroxyl groups is 1. The summed E-state index contributed by atoms with van der Waals surface area (Å²) in [6.07, 6.45) is -0.0217. The zero-order valence-electron chi connectivity index (χ0n) is 9.69. The van der Waals surface area contributed by atoms with Crippen molar-refractivity contribution in [2.24, 2.45) is 0 Å². The predicted molar refractivity (Wildman–Crippen MR) is 59.5 cm³/mol. The van der Waals surface area contributed by atoms with E-state index in [0.717, 1.165) is 0 Å². The van der Waals surface area contributed by atoms with E-state index in [4.69, 9.17) is 14.6 Å². The van der Waals surface area contributed by atoms with Crippen molar-refractivity contribution in [2.45, 2.75) is 25.7 Å². The molecule has 0 saturated carbocycles. The molecule has 1 heterocycles. The van der Waals surface area contributed by atoms with Gasteiger partial charge in [-0.3, -0.25) is 4.79 Å². The van der Waals surface area contributed by atoms with E-state index in [-0.39, 0.29) is 19.0 Å². The zero-order valence-corrected chi connectivity index (χ0v) is 9.69. The minimum atomic E-state index is -0.882. The van der Waals surface area contributed by atoms with Gasteiger partial charge in [0.1, 0.15) is 0 Å². The van der Waals surface area contributed by atoms with E-state index in [9.17, 15) is 9.90 Å². The number of carboxylic acid groups (broad SMARTS) is 1. The molecule has 0 saturated heterocycles. The molecule has 1 aliphatic heterocycles. The molecule has 0 radical (unpaired) electrons. The maximum absolute atomic E-state index is 10.8. The molecule has 1 aromatic rings. The van der Waals surface area contributed by atoms with E-state index in [1.54, 1.807) is 19.9 Å². The largest absolute Gasteiger partial charge is 0.504 e. The molecule has 5 nitrogen and oxygen atoms in total. The van der Waals surface area contributed by atoms with Crippen LogP contribution in [-0.4, -0.2) is 23.0 Å². The van der Waals surface area contributed by atoms with Gasteiger partial charge >= 0.3 is 5.97 Å². The first kappa shape index (κ1) is 11.6. The normalized spacial score (nSPS) is 13.8. The van der Waals surface area contributed by atoms with Crippen molar-refractivity contribution in [3.63, 3.8) is 0 Å². The lowest BCUT2D eigenvalue weighted by Gasteiger charge is -2.23. The second kappa shape index (κ2) is 3.84. The van der Waals surface area contributed by atoms with E-state index >= 15 is 0 Å². The Labute approximate surface area is 98.6 Å². The highest BCUT2D eigenvalue weighted by molar-refractivity contribution is 5.69. The number of benzene rings is 1. The van der Waals surface area contributed by atoms with Gasteiger partial charge in [0.15, 0.2) is 11.5 Å². The van der Waals surface area contributed by atoms with E-state index in [2.05, 4.69) is 0 Å². The van der Waals surface area contributed by atoms with Gasteiger partial charge in [-0.05, 0) is 17.7 Å². The third-order valence-corrected chi connectivity index (χ3v) is 2.83. The van der Waals surface area contributed by atoms with Crippen LogP contribution in [0.15, 0.2) is 12.1 Å². The van der Waals surface area contributed by atoms with Crippen LogP contribution in [0.1, 0.15) is 25.8 Å². The molecule has 0 aromatic heterocycles. The molecule has 2 N–H and O–H groups in total. The molecule has 92 valence electrons. The lowest BCUT2D eigenvalue weighted by Crippen LogP contribution is -2.21. The Kier molecular flexibility index (Phi) is 2.61. The Balaban J connectivity index is 2.40. The van der Waals surface area contributed by atoms with E-state index in [1.807, 2.05) is 0 Å². The molecule has 1 aromatic carbocycles. The number of rotatable bonds is 3. The fourth-order valence-electron chi connectivity index (χ4n) is 1.86. The van der Waals surface area contributed by atoms with Gasteiger partial charge < -0.3 is 19.7 Å². The molecule has 0 amide bonds. The van der Waals surface area contributed by atoms with Crippen LogP contribution in [0.4, 0.5) is 0 Å². The van der Waals surface area contributed by atoms with Gasteiger partial charge in [0.2, 0.25) is 12.5 Å². The summed E-state index contributed by atoms with van der Waals surface area (Å²) in [6, 6.07) is 3.24. The average molecular weight is 238 g/mol. The first-order chi connectivity index (χ1) is 7.90. The summed E-state index contributed by atoms with van der Waals surface area (Å²) in [5.41, 5.74) is 0.131. The van der Waals surface area contributed by atoms with Crippen LogP contribution in [0, 0.1) is 0 Å². The maximum Gasteiger partial charge on any atom is 0.304 e. The first-order valence-electron chi connectivity index (χ1n) is 5.25. The molecule has 0 fully saturated rings. The predicted octanol–water partition coefficient (Wildman–Crippen LogP) is 1.87. The van der Waals surface area contributed by atoms with Crippen LogP contribution in [0.5, 0.6) is 17.2 Å². The maximum atomic E-state index is 10.8. The summed E-state index contributed by atoms with van der Waals surface area (Å²) >= 11 is 0. The molecule has 0 unspecified atom stereocenters. The lowest BCUT2D eigenvalue weighted by atomic mass is 9.81. The van der Waals surface area contributed by atoms with Gasteiger partial charge in [0, 0.05) is 5.41 Å². The number of carbonyl (C=O) groups is 1. The second-order valence-electron chi connectivity index (χ2n) is 4.68. The topological polar surface area (TPSA) is 76.0 Å². The van der Waals surface area contributed by atoms with Gasteiger partial charge in [0.25, 0.3) is 0 Å². The highest BCUT2D eigenvalue weighted by atomic mass is 16.7. The number of aliphatic carboxylic acids is 1. The van der Waals surface area contributed by atoms with Crippen molar-refractivity contribution in [3.05, 3.63) is 17.7 Å². The highest BCUT2D eigenvalue weighted by Gasteiger charge is 2.28. The fraction of sp³-hybridized carbons (Fsp3) is 0.417. The second-order valence-corrected chi connectivity index (χ2v) is 4.68. The summed E-state index contributed by atoms with van der Waals surface area (Å²) in [5.74, 6) is -0.126. The number of hydrogen-bond acceptors (Lipinski definition) is 4. The van der Waals surface area contributed by atoms with Crippen LogP contribution in [0.2, 0.25) is 0 Å². The van der Waals surface area contributed by atoms with Crippen LogP contribution >= 0.6 is 0 Å². The van der Waals surface area contributed by atoms with Crippen molar-refractivity contribution >= 4 is 5.97 Å². The number of carboxylic acids is 1. The van der Waals surface area contributed by atoms with E-state index < -0.39 is 11.4 Å². The minimum absolute atomic E-state index is 0.0199. The molecule has 0 aliphatic carbocycles. The average Bonchev–Trinajstić information content (AvgIpc) is 2.63. The number of ether oxygens (including phenoxy) is 2. The van der Waals surface area contributed by atoms with Crippen LogP contribution in [0.3, 0.4) is 0 Å². The fourth-order valence-corrected chi connectivity index (χ4v) is 1.86. The molecule has 0 spiro atoms. The molecule has 2 rings (SSSR count). The Bertz CT molecular complexity index is 464. The summed E-state index contributed by atoms with van der Waals surface area (Å²) < 4.78 is 10.3. The molecule has 17 heavy (non-hydrogen) atoms. The van der Waals surface area contributed by atoms with Crippen LogP contribution in [-0.2, 0) is 10.2 Å². The third-order valence-electron chi connectivity index (χ3n) is 2.83. The summed E-state index contributed by atoms with van der Waals surface area (Å²) in [6.45, 7) is 3.68. The zero-order chi connectivity index (χ0) is 12.6. The van der Waals surface area contributed by atoms with Gasteiger partial charge in [-0.15, -0.1) is 0 Å². The van der Waals surface area contributed by atoms with E-state index in [1.165, 1.54) is 6.07 Å². The minimum Gasteiger partial charge on any atom is -0.504 e. The monoisotopic (exact) mass is 238 g/mol. The summed E-state index contributed by atoms with van der Waals surface area (Å²) in [5, 5.41) is 18.6. The summed E-state index contributed by atoms with van der Waals surface area (Å²) in [4.78, 5) is 10.8. The number of hydrogen-bond donors (Lipinski definition) is 2. The smallest absolute Gasteiger partial charge is 0.304 e. The molecular formula is C12H14O5. The molecule has 1 aliphatic rings. The van der Waals surface area contributed by atoms with Crippen LogP contribution in [0.25, 0.3) is 0 Å². The number of phenols is 1. The van der Waals surface area contributed by atoms with Crippen LogP contribution < -0.4 is 9.47 Å². The van der Waals surface area contributed by atoms with Crippen molar-refractivity contribution in [1.82, 2.24) is 0 Å². The SMILES string of the molecule is CC(C)(CC(=O)O)c1cc(O)c2c(c1)OCO2. The highest BCUT2D eigenvalue weighted by Crippen LogP contribution is 2.44. The molecular weight excluding hydrogens is 224 g/mol. The Morgan fingerprint density at radius 3 is 2.76 bits per heavy atom. The molecule has 0 atom stereocenters. The molecule has 0 bridgehead atoms. The third kappa shape index (κ3) is 2.13. The van der Waals surface area contributed by atoms with Gasteiger partial charge in [0.05, 0.1) is 6.42 Å². The van der Waals surface area contributed by atoms with Crippen molar-refractivity contribution in [1.29, 1.82) is 0 Å². The van der Waals surface area contributed by atoms with E-state index in [0.29, 0.717) is 17.1 Å². The quantitative estimate of drug-likeness (QED) is 0.840. The van der Waals surface area contributed by atoms with Crippen molar-refractivity contribution < 1.29 is 24.5 Å².